The number of aromatic hydroxyl groups is 2. The summed E-state index contributed by atoms with van der Waals surface area (Å²) in [6.07, 6.45) is 17.4. The molecule has 0 aromatic heterocycles. The van der Waals surface area contributed by atoms with Crippen LogP contribution in [-0.2, 0) is 10.3 Å². The summed E-state index contributed by atoms with van der Waals surface area (Å²) >= 11 is 0. The molecule has 45 heavy (non-hydrogen) atoms. The summed E-state index contributed by atoms with van der Waals surface area (Å²) in [4.78, 5) is 13.2. The third kappa shape index (κ3) is 7.58. The molecule has 3 aromatic carbocycles. The average molecular weight is 616 g/mol. The van der Waals surface area contributed by atoms with Crippen LogP contribution in [0.1, 0.15) is 130 Å². The van der Waals surface area contributed by atoms with E-state index in [1.807, 2.05) is 12.1 Å². The van der Waals surface area contributed by atoms with Crippen LogP contribution in [0.2, 0.25) is 0 Å². The van der Waals surface area contributed by atoms with Crippen molar-refractivity contribution < 1.29 is 29.6 Å². The lowest BCUT2D eigenvalue weighted by atomic mass is 9.77. The zero-order valence-corrected chi connectivity index (χ0v) is 26.7. The Hall–Kier alpha value is -3.71. The number of carbonyl (C=O) groups is 1. The van der Waals surface area contributed by atoms with Gasteiger partial charge in [0.05, 0.1) is 17.2 Å². The molecule has 1 spiro atoms. The van der Waals surface area contributed by atoms with Gasteiger partial charge in [0.2, 0.25) is 0 Å². The molecule has 2 aliphatic heterocycles. The zero-order valence-electron chi connectivity index (χ0n) is 26.7. The summed E-state index contributed by atoms with van der Waals surface area (Å²) in [5.41, 5.74) is 1.67. The number of anilines is 1. The van der Waals surface area contributed by atoms with Crippen LogP contribution in [-0.4, -0.2) is 33.9 Å². The van der Waals surface area contributed by atoms with E-state index < -0.39 is 11.6 Å². The lowest BCUT2D eigenvalue weighted by molar-refractivity contribution is 0.0226. The molecule has 3 aromatic rings. The maximum absolute atomic E-state index is 13.2. The normalized spacial score (nSPS) is 16.9. The van der Waals surface area contributed by atoms with E-state index in [0.717, 1.165) is 32.1 Å². The number of benzene rings is 3. The van der Waals surface area contributed by atoms with Gasteiger partial charge < -0.3 is 30.1 Å². The number of fused-ring (bicyclic) bond motifs is 6. The molecule has 2 unspecified atom stereocenters. The van der Waals surface area contributed by atoms with Gasteiger partial charge in [-0.2, -0.15) is 0 Å². The molecule has 5 rings (SSSR count). The van der Waals surface area contributed by atoms with Crippen molar-refractivity contribution in [3.63, 3.8) is 0 Å². The molecule has 0 bridgehead atoms. The van der Waals surface area contributed by atoms with Crippen molar-refractivity contribution in [1.82, 2.24) is 0 Å². The van der Waals surface area contributed by atoms with Crippen LogP contribution >= 0.6 is 0 Å². The Morgan fingerprint density at radius 3 is 2.11 bits per heavy atom. The van der Waals surface area contributed by atoms with Gasteiger partial charge in [-0.3, -0.25) is 0 Å². The van der Waals surface area contributed by atoms with Crippen molar-refractivity contribution in [2.45, 2.75) is 115 Å². The zero-order chi connectivity index (χ0) is 31.6. The number of ether oxygens (including phenoxy) is 2. The molecule has 0 amide bonds. The maximum atomic E-state index is 13.2. The van der Waals surface area contributed by atoms with Crippen molar-refractivity contribution in [1.29, 1.82) is 0 Å². The highest BCUT2D eigenvalue weighted by Crippen LogP contribution is 2.59. The third-order valence-corrected chi connectivity index (χ3v) is 9.20. The molecular formula is C38H49NO6. The van der Waals surface area contributed by atoms with Gasteiger partial charge in [0.25, 0.3) is 0 Å². The second-order valence-corrected chi connectivity index (χ2v) is 12.7. The molecule has 0 aliphatic carbocycles. The molecule has 7 heteroatoms. The quantitative estimate of drug-likeness (QED) is 0.0834. The fraction of sp³-hybridized carbons (Fsp3) is 0.500. The third-order valence-electron chi connectivity index (χ3n) is 9.20. The van der Waals surface area contributed by atoms with Crippen LogP contribution in [0.4, 0.5) is 5.69 Å². The molecule has 0 radical (unpaired) electrons. The van der Waals surface area contributed by atoms with Crippen molar-refractivity contribution in [2.75, 3.05) is 11.9 Å². The van der Waals surface area contributed by atoms with Gasteiger partial charge in [-0.05, 0) is 43.9 Å². The summed E-state index contributed by atoms with van der Waals surface area (Å²) < 4.78 is 12.4. The molecule has 4 N–H and O–H groups in total. The van der Waals surface area contributed by atoms with E-state index in [2.05, 4.69) is 12.2 Å². The first-order valence-corrected chi connectivity index (χ1v) is 17.1. The average Bonchev–Trinajstić information content (AvgIpc) is 3.31. The van der Waals surface area contributed by atoms with Crippen molar-refractivity contribution in [2.24, 2.45) is 0 Å². The second kappa shape index (κ2) is 15.5. The van der Waals surface area contributed by atoms with Gasteiger partial charge in [0.15, 0.2) is 5.60 Å². The molecule has 0 fully saturated rings. The highest BCUT2D eigenvalue weighted by molar-refractivity contribution is 5.97. The molecule has 2 heterocycles. The van der Waals surface area contributed by atoms with Crippen LogP contribution in [0, 0.1) is 0 Å². The van der Waals surface area contributed by atoms with Gasteiger partial charge in [0.1, 0.15) is 23.0 Å². The molecule has 242 valence electrons. The Labute approximate surface area is 267 Å². The predicted molar refractivity (Wildman–Crippen MR) is 177 cm³/mol. The van der Waals surface area contributed by atoms with Gasteiger partial charge in [-0.1, -0.05) is 95.8 Å². The highest BCUT2D eigenvalue weighted by atomic mass is 16.6. The van der Waals surface area contributed by atoms with E-state index in [9.17, 15) is 20.1 Å². The Kier molecular flexibility index (Phi) is 11.3. The smallest absolute Gasteiger partial charge is 0.340 e. The van der Waals surface area contributed by atoms with E-state index in [1.54, 1.807) is 30.3 Å². The van der Waals surface area contributed by atoms with Crippen molar-refractivity contribution in [3.8, 4) is 23.0 Å². The number of hydrogen-bond acceptors (Lipinski definition) is 7. The van der Waals surface area contributed by atoms with Crippen LogP contribution < -0.4 is 10.1 Å². The molecule has 0 saturated carbocycles. The number of phenols is 2. The topological polar surface area (TPSA) is 108 Å². The minimum absolute atomic E-state index is 0.00927. The Bertz CT molecular complexity index is 1440. The Morgan fingerprint density at radius 1 is 0.733 bits per heavy atom. The number of carbonyl (C=O) groups excluding carboxylic acids is 1. The summed E-state index contributed by atoms with van der Waals surface area (Å²) in [5.74, 6) is 0.297. The number of unbranched alkanes of at least 4 members (excludes halogenated alkanes) is 11. The van der Waals surface area contributed by atoms with Crippen molar-refractivity contribution in [3.05, 3.63) is 76.9 Å². The lowest BCUT2D eigenvalue weighted by Gasteiger charge is -2.38. The van der Waals surface area contributed by atoms with E-state index in [1.165, 1.54) is 76.3 Å². The first-order chi connectivity index (χ1) is 21.9. The van der Waals surface area contributed by atoms with Crippen molar-refractivity contribution >= 4 is 11.7 Å². The van der Waals surface area contributed by atoms with E-state index >= 15 is 0 Å². The highest BCUT2D eigenvalue weighted by Gasteiger charge is 2.54. The van der Waals surface area contributed by atoms with Crippen LogP contribution in [0.25, 0.3) is 0 Å². The van der Waals surface area contributed by atoms with E-state index in [4.69, 9.17) is 9.47 Å². The van der Waals surface area contributed by atoms with Gasteiger partial charge in [-0.25, -0.2) is 4.79 Å². The molecule has 2 atom stereocenters. The van der Waals surface area contributed by atoms with Gasteiger partial charge >= 0.3 is 5.97 Å². The number of esters is 1. The molecule has 7 nitrogen and oxygen atoms in total. The maximum Gasteiger partial charge on any atom is 0.340 e. The number of rotatable bonds is 18. The second-order valence-electron chi connectivity index (χ2n) is 12.7. The van der Waals surface area contributed by atoms with Gasteiger partial charge in [0, 0.05) is 41.6 Å². The summed E-state index contributed by atoms with van der Waals surface area (Å²) in [5, 5.41) is 34.8. The first kappa shape index (κ1) is 32.7. The fourth-order valence-electron chi connectivity index (χ4n) is 6.84. The number of hydrogen-bond donors (Lipinski definition) is 4. The predicted octanol–water partition coefficient (Wildman–Crippen LogP) is 9.31. The van der Waals surface area contributed by atoms with Crippen LogP contribution in [0.3, 0.4) is 0 Å². The Morgan fingerprint density at radius 2 is 1.38 bits per heavy atom. The summed E-state index contributed by atoms with van der Waals surface area (Å²) in [6, 6.07) is 15.2. The molecule has 2 aliphatic rings. The number of aliphatic hydroxyl groups is 1. The first-order valence-electron chi connectivity index (χ1n) is 17.1. The van der Waals surface area contributed by atoms with Crippen LogP contribution in [0.5, 0.6) is 23.0 Å². The number of phenolic OH excluding ortho intramolecular Hbond substituents is 2. The number of nitrogens with one attached hydrogen (secondary N) is 1. The van der Waals surface area contributed by atoms with E-state index in [-0.39, 0.29) is 17.6 Å². The van der Waals surface area contributed by atoms with Gasteiger partial charge in [-0.15, -0.1) is 0 Å². The molecular weight excluding hydrogens is 566 g/mol. The SMILES string of the molecule is CCCCCCCCCCCCCC(O)CCCCNc1cc(O)cc2c1C1(OC(=O)c3ccccc31)c1ccc(O)cc1O2. The monoisotopic (exact) mass is 615 g/mol. The largest absolute Gasteiger partial charge is 0.508 e. The minimum Gasteiger partial charge on any atom is -0.508 e. The lowest BCUT2D eigenvalue weighted by Crippen LogP contribution is -2.34. The number of aliphatic hydroxyl groups excluding tert-OH is 1. The summed E-state index contributed by atoms with van der Waals surface area (Å²) in [6.45, 7) is 2.86. The Balaban J connectivity index is 1.14. The summed E-state index contributed by atoms with van der Waals surface area (Å²) in [7, 11) is 0. The van der Waals surface area contributed by atoms with Crippen LogP contribution in [0.15, 0.2) is 54.6 Å². The minimum atomic E-state index is -1.30. The molecule has 0 saturated heterocycles. The van der Waals surface area contributed by atoms with E-state index in [0.29, 0.717) is 46.0 Å². The standard InChI is InChI=1S/C38H49NO6/c1-2-3-4-5-6-7-8-9-10-11-12-17-27(40)18-15-16-23-39-33-24-29(42)26-35-36(33)38(32-22-21-28(41)25-34(32)44-35)31-20-14-13-19-30(31)37(43)45-38/h13-14,19-22,24-27,39-42H,2-12,15-18,23H2,1H3. The fourth-order valence-corrected chi connectivity index (χ4v) is 6.84.